The second kappa shape index (κ2) is 4.22. The number of pyridine rings is 1. The minimum Gasteiger partial charge on any atom is -0.309 e. The largest absolute Gasteiger partial charge is 0.309 e. The maximum Gasteiger partial charge on any atom is 0.245 e. The van der Waals surface area contributed by atoms with Crippen molar-refractivity contribution in [2.45, 2.75) is 32.2 Å². The van der Waals surface area contributed by atoms with Crippen LogP contribution in [0.5, 0.6) is 0 Å². The Labute approximate surface area is 95.5 Å². The quantitative estimate of drug-likeness (QED) is 0.792. The molecule has 4 heteroatoms. The molecule has 2 rings (SSSR count). The summed E-state index contributed by atoms with van der Waals surface area (Å²) < 4.78 is 0. The van der Waals surface area contributed by atoms with Gasteiger partial charge in [0.25, 0.3) is 0 Å². The first kappa shape index (κ1) is 11.1. The predicted octanol–water partition coefficient (Wildman–Crippen LogP) is 1.47. The molecule has 1 aromatic heterocycles. The Kier molecular flexibility index (Phi) is 2.92. The molecule has 0 radical (unpaired) electrons. The van der Waals surface area contributed by atoms with Gasteiger partial charge in [0.05, 0.1) is 5.54 Å². The molecule has 4 nitrogen and oxygen atoms in total. The van der Waals surface area contributed by atoms with Crippen molar-refractivity contribution in [3.63, 3.8) is 0 Å². The molecule has 1 saturated heterocycles. The summed E-state index contributed by atoms with van der Waals surface area (Å²) in [7, 11) is 0. The monoisotopic (exact) mass is 219 g/mol. The van der Waals surface area contributed by atoms with E-state index in [2.05, 4.69) is 15.6 Å². The van der Waals surface area contributed by atoms with Crippen LogP contribution in [0.3, 0.4) is 0 Å². The average molecular weight is 219 g/mol. The number of hydrogen-bond donors (Lipinski definition) is 2. The van der Waals surface area contributed by atoms with Gasteiger partial charge in [-0.2, -0.15) is 0 Å². The average Bonchev–Trinajstić information content (AvgIpc) is 2.70. The van der Waals surface area contributed by atoms with E-state index in [9.17, 15) is 4.79 Å². The van der Waals surface area contributed by atoms with Gasteiger partial charge in [-0.15, -0.1) is 0 Å². The van der Waals surface area contributed by atoms with Crippen molar-refractivity contribution >= 4 is 11.7 Å². The molecule has 2 heterocycles. The van der Waals surface area contributed by atoms with E-state index < -0.39 is 5.54 Å². The molecule has 86 valence electrons. The molecular weight excluding hydrogens is 202 g/mol. The van der Waals surface area contributed by atoms with E-state index >= 15 is 0 Å². The highest BCUT2D eigenvalue weighted by Crippen LogP contribution is 2.21. The third-order valence-electron chi connectivity index (χ3n) is 3.11. The lowest BCUT2D eigenvalue weighted by atomic mass is 9.99. The summed E-state index contributed by atoms with van der Waals surface area (Å²) in [5.74, 6) is 0.661. The fourth-order valence-electron chi connectivity index (χ4n) is 1.95. The van der Waals surface area contributed by atoms with Crippen molar-refractivity contribution in [1.82, 2.24) is 10.3 Å². The lowest BCUT2D eigenvalue weighted by Crippen LogP contribution is -2.48. The first-order chi connectivity index (χ1) is 7.62. The molecule has 0 saturated carbocycles. The summed E-state index contributed by atoms with van der Waals surface area (Å²) in [5, 5.41) is 6.11. The molecule has 0 spiro atoms. The zero-order valence-electron chi connectivity index (χ0n) is 9.71. The van der Waals surface area contributed by atoms with Crippen molar-refractivity contribution in [3.05, 3.63) is 23.9 Å². The smallest absolute Gasteiger partial charge is 0.245 e. The van der Waals surface area contributed by atoms with Gasteiger partial charge in [-0.25, -0.2) is 4.98 Å². The van der Waals surface area contributed by atoms with Crippen LogP contribution >= 0.6 is 0 Å². The van der Waals surface area contributed by atoms with Gasteiger partial charge in [0.15, 0.2) is 0 Å². The van der Waals surface area contributed by atoms with Crippen molar-refractivity contribution in [2.75, 3.05) is 11.9 Å². The summed E-state index contributed by atoms with van der Waals surface area (Å²) >= 11 is 0. The maximum absolute atomic E-state index is 12.1. The Morgan fingerprint density at radius 2 is 2.44 bits per heavy atom. The van der Waals surface area contributed by atoms with Crippen LogP contribution < -0.4 is 10.6 Å². The van der Waals surface area contributed by atoms with E-state index in [1.165, 1.54) is 0 Å². The molecule has 2 N–H and O–H groups in total. The first-order valence-corrected chi connectivity index (χ1v) is 5.60. The molecule has 0 bridgehead atoms. The highest BCUT2D eigenvalue weighted by molar-refractivity contribution is 5.97. The number of nitrogens with zero attached hydrogens (tertiary/aromatic N) is 1. The van der Waals surface area contributed by atoms with Crippen LogP contribution in [0.15, 0.2) is 18.3 Å². The summed E-state index contributed by atoms with van der Waals surface area (Å²) in [6.07, 6.45) is 3.61. The van der Waals surface area contributed by atoms with Crippen molar-refractivity contribution in [1.29, 1.82) is 0 Å². The maximum atomic E-state index is 12.1. The molecule has 1 atom stereocenters. The third kappa shape index (κ3) is 2.07. The van der Waals surface area contributed by atoms with Gasteiger partial charge in [-0.3, -0.25) is 4.79 Å². The SMILES string of the molecule is Cc1cccnc1NC(=O)C1(C)CCCN1. The second-order valence-corrected chi connectivity index (χ2v) is 4.49. The number of carbonyl (C=O) groups is 1. The Morgan fingerprint density at radius 1 is 1.62 bits per heavy atom. The molecule has 0 aliphatic carbocycles. The van der Waals surface area contributed by atoms with Gasteiger partial charge in [0, 0.05) is 6.20 Å². The van der Waals surface area contributed by atoms with E-state index in [1.807, 2.05) is 26.0 Å². The van der Waals surface area contributed by atoms with E-state index in [4.69, 9.17) is 0 Å². The number of aryl methyl sites for hydroxylation is 1. The highest BCUT2D eigenvalue weighted by Gasteiger charge is 2.36. The minimum atomic E-state index is -0.441. The van der Waals surface area contributed by atoms with E-state index in [-0.39, 0.29) is 5.91 Å². The lowest BCUT2D eigenvalue weighted by Gasteiger charge is -2.23. The van der Waals surface area contributed by atoms with Crippen LogP contribution in [-0.4, -0.2) is 23.0 Å². The minimum absolute atomic E-state index is 0.00630. The number of amides is 1. The van der Waals surface area contributed by atoms with Crippen molar-refractivity contribution in [2.24, 2.45) is 0 Å². The fourth-order valence-corrected chi connectivity index (χ4v) is 1.95. The lowest BCUT2D eigenvalue weighted by molar-refractivity contribution is -0.121. The number of hydrogen-bond acceptors (Lipinski definition) is 3. The zero-order valence-corrected chi connectivity index (χ0v) is 9.71. The first-order valence-electron chi connectivity index (χ1n) is 5.60. The fraction of sp³-hybridized carbons (Fsp3) is 0.500. The second-order valence-electron chi connectivity index (χ2n) is 4.49. The summed E-state index contributed by atoms with van der Waals surface area (Å²) in [6, 6.07) is 3.80. The Morgan fingerprint density at radius 3 is 3.06 bits per heavy atom. The van der Waals surface area contributed by atoms with Gasteiger partial charge in [0.1, 0.15) is 5.82 Å². The highest BCUT2D eigenvalue weighted by atomic mass is 16.2. The molecule has 1 amide bonds. The normalized spacial score (nSPS) is 24.4. The van der Waals surface area contributed by atoms with Gasteiger partial charge >= 0.3 is 0 Å². The van der Waals surface area contributed by atoms with Crippen molar-refractivity contribution in [3.8, 4) is 0 Å². The van der Waals surface area contributed by atoms with Gasteiger partial charge in [0.2, 0.25) is 5.91 Å². The molecule has 1 fully saturated rings. The van der Waals surface area contributed by atoms with E-state index in [1.54, 1.807) is 6.20 Å². The topological polar surface area (TPSA) is 54.0 Å². The number of aromatic nitrogens is 1. The Bertz CT molecular complexity index is 397. The van der Waals surface area contributed by atoms with Crippen LogP contribution in [0.1, 0.15) is 25.3 Å². The predicted molar refractivity (Wildman–Crippen MR) is 63.2 cm³/mol. The van der Waals surface area contributed by atoms with Crippen LogP contribution in [0, 0.1) is 6.92 Å². The summed E-state index contributed by atoms with van der Waals surface area (Å²) in [5.41, 5.74) is 0.543. The third-order valence-corrected chi connectivity index (χ3v) is 3.11. The Hall–Kier alpha value is -1.42. The number of nitrogens with one attached hydrogen (secondary N) is 2. The molecule has 1 unspecified atom stereocenters. The molecular formula is C12H17N3O. The van der Waals surface area contributed by atoms with Crippen LogP contribution in [0.25, 0.3) is 0 Å². The molecule has 1 aliphatic heterocycles. The summed E-state index contributed by atoms with van der Waals surface area (Å²) in [4.78, 5) is 16.2. The molecule has 1 aromatic rings. The molecule has 16 heavy (non-hydrogen) atoms. The van der Waals surface area contributed by atoms with E-state index in [0.29, 0.717) is 5.82 Å². The summed E-state index contributed by atoms with van der Waals surface area (Å²) in [6.45, 7) is 4.78. The molecule has 1 aliphatic rings. The van der Waals surface area contributed by atoms with E-state index in [0.717, 1.165) is 24.9 Å². The van der Waals surface area contributed by atoms with Crippen LogP contribution in [0.2, 0.25) is 0 Å². The standard InChI is InChI=1S/C12H17N3O/c1-9-5-3-7-13-10(9)15-11(16)12(2)6-4-8-14-12/h3,5,7,14H,4,6,8H2,1-2H3,(H,13,15,16). The van der Waals surface area contributed by atoms with Crippen molar-refractivity contribution < 1.29 is 4.79 Å². The zero-order chi connectivity index (χ0) is 11.6. The molecule has 0 aromatic carbocycles. The Balaban J connectivity index is 2.10. The van der Waals surface area contributed by atoms with Crippen LogP contribution in [0.4, 0.5) is 5.82 Å². The van der Waals surface area contributed by atoms with Gasteiger partial charge in [-0.1, -0.05) is 6.07 Å². The number of rotatable bonds is 2. The van der Waals surface area contributed by atoms with Gasteiger partial charge < -0.3 is 10.6 Å². The number of anilines is 1. The van der Waals surface area contributed by atoms with Gasteiger partial charge in [-0.05, 0) is 44.9 Å². The van der Waals surface area contributed by atoms with Crippen LogP contribution in [-0.2, 0) is 4.79 Å². The number of carbonyl (C=O) groups excluding carboxylic acids is 1.